The van der Waals surface area contributed by atoms with E-state index in [1.807, 2.05) is 0 Å². The van der Waals surface area contributed by atoms with E-state index < -0.39 is 5.97 Å². The first kappa shape index (κ1) is 10.8. The highest BCUT2D eigenvalue weighted by Gasteiger charge is 2.32. The molecule has 1 saturated carbocycles. The minimum Gasteiger partial charge on any atom is -0.478 e. The Morgan fingerprint density at radius 3 is 2.69 bits per heavy atom. The van der Waals surface area contributed by atoms with Crippen LogP contribution < -0.4 is 11.1 Å². The first-order valence-electron chi connectivity index (χ1n) is 5.41. The number of aromatic carboxylic acids is 1. The molecule has 1 aromatic rings. The smallest absolute Gasteiger partial charge is 0.337 e. The Kier molecular flexibility index (Phi) is 2.50. The molecule has 0 radical (unpaired) electrons. The number of benzene rings is 1. The molecule has 0 unspecified atom stereocenters. The predicted molar refractivity (Wildman–Crippen MR) is 63.7 cm³/mol. The molecule has 2 rings (SSSR count). The van der Waals surface area contributed by atoms with Crippen molar-refractivity contribution in [1.82, 2.24) is 0 Å². The van der Waals surface area contributed by atoms with Gasteiger partial charge in [0.2, 0.25) is 0 Å². The number of hydrogen-bond donors (Lipinski definition) is 3. The molecule has 4 heteroatoms. The Balaban J connectivity index is 2.30. The molecule has 1 fully saturated rings. The minimum absolute atomic E-state index is 0.0258. The molecule has 4 N–H and O–H groups in total. The van der Waals surface area contributed by atoms with Crippen LogP contribution in [0.2, 0.25) is 0 Å². The maximum absolute atomic E-state index is 11.0. The average molecular weight is 220 g/mol. The third-order valence-corrected chi connectivity index (χ3v) is 3.17. The van der Waals surface area contributed by atoms with E-state index in [0.29, 0.717) is 11.4 Å². The second-order valence-corrected chi connectivity index (χ2v) is 4.65. The van der Waals surface area contributed by atoms with Crippen LogP contribution in [0.25, 0.3) is 0 Å². The highest BCUT2D eigenvalue weighted by atomic mass is 16.4. The Hall–Kier alpha value is -1.71. The lowest BCUT2D eigenvalue weighted by atomic mass is 9.78. The monoisotopic (exact) mass is 220 g/mol. The lowest BCUT2D eigenvalue weighted by molar-refractivity contribution is 0.0698. The topological polar surface area (TPSA) is 75.3 Å². The number of anilines is 2. The molecular formula is C12H16N2O2. The van der Waals surface area contributed by atoms with Crippen molar-refractivity contribution in [3.8, 4) is 0 Å². The van der Waals surface area contributed by atoms with Gasteiger partial charge in [0.05, 0.1) is 11.3 Å². The summed E-state index contributed by atoms with van der Waals surface area (Å²) in [4.78, 5) is 11.0. The molecule has 0 saturated heterocycles. The van der Waals surface area contributed by atoms with E-state index in [1.165, 1.54) is 6.42 Å². The van der Waals surface area contributed by atoms with Gasteiger partial charge in [-0.1, -0.05) is 0 Å². The average Bonchev–Trinajstić information content (AvgIpc) is 2.15. The van der Waals surface area contributed by atoms with Gasteiger partial charge in [-0.05, 0) is 44.4 Å². The zero-order valence-electron chi connectivity index (χ0n) is 9.29. The Morgan fingerprint density at radius 1 is 1.50 bits per heavy atom. The van der Waals surface area contributed by atoms with Crippen molar-refractivity contribution in [2.75, 3.05) is 11.1 Å². The molecule has 1 aliphatic carbocycles. The summed E-state index contributed by atoms with van der Waals surface area (Å²) in [7, 11) is 0. The standard InChI is InChI=1S/C12H16N2O2/c1-12(5-2-6-12)14-10-7-8(13)3-4-9(10)11(15)16/h3-4,7,14H,2,5-6,13H2,1H3,(H,15,16). The summed E-state index contributed by atoms with van der Waals surface area (Å²) in [5, 5.41) is 12.3. The van der Waals surface area contributed by atoms with Crippen LogP contribution in [0.5, 0.6) is 0 Å². The fraction of sp³-hybridized carbons (Fsp3) is 0.417. The van der Waals surface area contributed by atoms with Gasteiger partial charge in [-0.3, -0.25) is 0 Å². The summed E-state index contributed by atoms with van der Waals surface area (Å²) in [5.41, 5.74) is 7.18. The van der Waals surface area contributed by atoms with Crippen LogP contribution in [0.1, 0.15) is 36.5 Å². The maximum atomic E-state index is 11.0. The number of nitrogens with one attached hydrogen (secondary N) is 1. The number of carboxylic acid groups (broad SMARTS) is 1. The Morgan fingerprint density at radius 2 is 2.19 bits per heavy atom. The molecule has 1 aromatic carbocycles. The lowest BCUT2D eigenvalue weighted by Gasteiger charge is -2.40. The van der Waals surface area contributed by atoms with E-state index in [9.17, 15) is 4.79 Å². The first-order chi connectivity index (χ1) is 7.50. The van der Waals surface area contributed by atoms with E-state index >= 15 is 0 Å². The summed E-state index contributed by atoms with van der Waals surface area (Å²) in [6, 6.07) is 4.84. The number of carboxylic acids is 1. The first-order valence-corrected chi connectivity index (χ1v) is 5.41. The molecule has 1 aliphatic rings. The van der Waals surface area contributed by atoms with E-state index in [2.05, 4.69) is 12.2 Å². The van der Waals surface area contributed by atoms with Gasteiger partial charge in [0.25, 0.3) is 0 Å². The van der Waals surface area contributed by atoms with Crippen molar-refractivity contribution in [3.63, 3.8) is 0 Å². The Bertz CT molecular complexity index is 425. The summed E-state index contributed by atoms with van der Waals surface area (Å²) < 4.78 is 0. The van der Waals surface area contributed by atoms with Crippen LogP contribution in [0.15, 0.2) is 18.2 Å². The van der Waals surface area contributed by atoms with Crippen LogP contribution in [0.3, 0.4) is 0 Å². The summed E-state index contributed by atoms with van der Waals surface area (Å²) in [6.45, 7) is 2.10. The molecule has 4 nitrogen and oxygen atoms in total. The van der Waals surface area contributed by atoms with Crippen molar-refractivity contribution in [1.29, 1.82) is 0 Å². The van der Waals surface area contributed by atoms with Crippen molar-refractivity contribution >= 4 is 17.3 Å². The summed E-state index contributed by atoms with van der Waals surface area (Å²) >= 11 is 0. The molecule has 0 amide bonds. The van der Waals surface area contributed by atoms with Crippen LogP contribution >= 0.6 is 0 Å². The van der Waals surface area contributed by atoms with Crippen molar-refractivity contribution < 1.29 is 9.90 Å². The van der Waals surface area contributed by atoms with Gasteiger partial charge in [0, 0.05) is 11.2 Å². The van der Waals surface area contributed by atoms with E-state index in [4.69, 9.17) is 10.8 Å². The molecule has 0 bridgehead atoms. The maximum Gasteiger partial charge on any atom is 0.337 e. The number of hydrogen-bond acceptors (Lipinski definition) is 3. The number of rotatable bonds is 3. The normalized spacial score (nSPS) is 17.6. The molecule has 16 heavy (non-hydrogen) atoms. The number of nitrogen functional groups attached to an aromatic ring is 1. The predicted octanol–water partition coefficient (Wildman–Crippen LogP) is 2.32. The van der Waals surface area contributed by atoms with Crippen LogP contribution in [0.4, 0.5) is 11.4 Å². The highest BCUT2D eigenvalue weighted by Crippen LogP contribution is 2.36. The van der Waals surface area contributed by atoms with Gasteiger partial charge in [-0.2, -0.15) is 0 Å². The number of nitrogens with two attached hydrogens (primary N) is 1. The van der Waals surface area contributed by atoms with Gasteiger partial charge in [-0.15, -0.1) is 0 Å². The van der Waals surface area contributed by atoms with Gasteiger partial charge in [0.15, 0.2) is 0 Å². The van der Waals surface area contributed by atoms with Gasteiger partial charge in [-0.25, -0.2) is 4.79 Å². The molecule has 0 atom stereocenters. The van der Waals surface area contributed by atoms with Gasteiger partial charge >= 0.3 is 5.97 Å². The van der Waals surface area contributed by atoms with Crippen molar-refractivity contribution in [3.05, 3.63) is 23.8 Å². The van der Waals surface area contributed by atoms with Crippen LogP contribution in [-0.4, -0.2) is 16.6 Å². The summed E-state index contributed by atoms with van der Waals surface area (Å²) in [5.74, 6) is -0.926. The van der Waals surface area contributed by atoms with E-state index in [1.54, 1.807) is 18.2 Å². The summed E-state index contributed by atoms with van der Waals surface area (Å²) in [6.07, 6.45) is 3.33. The zero-order valence-corrected chi connectivity index (χ0v) is 9.29. The highest BCUT2D eigenvalue weighted by molar-refractivity contribution is 5.95. The largest absolute Gasteiger partial charge is 0.478 e. The molecule has 0 aromatic heterocycles. The van der Waals surface area contributed by atoms with E-state index in [-0.39, 0.29) is 11.1 Å². The molecule has 86 valence electrons. The molecule has 0 spiro atoms. The molecular weight excluding hydrogens is 204 g/mol. The van der Waals surface area contributed by atoms with Crippen LogP contribution in [0, 0.1) is 0 Å². The SMILES string of the molecule is CC1(Nc2cc(N)ccc2C(=O)O)CCC1. The molecule has 0 aliphatic heterocycles. The Labute approximate surface area is 94.5 Å². The van der Waals surface area contributed by atoms with Gasteiger partial charge < -0.3 is 16.2 Å². The molecule has 0 heterocycles. The number of carbonyl (C=O) groups is 1. The second kappa shape index (κ2) is 3.70. The lowest BCUT2D eigenvalue weighted by Crippen LogP contribution is -2.42. The third-order valence-electron chi connectivity index (χ3n) is 3.17. The van der Waals surface area contributed by atoms with Crippen molar-refractivity contribution in [2.45, 2.75) is 31.7 Å². The van der Waals surface area contributed by atoms with Gasteiger partial charge in [0.1, 0.15) is 0 Å². The van der Waals surface area contributed by atoms with Crippen LogP contribution in [-0.2, 0) is 0 Å². The van der Waals surface area contributed by atoms with Crippen molar-refractivity contribution in [2.24, 2.45) is 0 Å². The minimum atomic E-state index is -0.926. The zero-order chi connectivity index (χ0) is 11.8. The fourth-order valence-corrected chi connectivity index (χ4v) is 2.01. The second-order valence-electron chi connectivity index (χ2n) is 4.65. The van der Waals surface area contributed by atoms with E-state index in [0.717, 1.165) is 12.8 Å². The third kappa shape index (κ3) is 1.96. The quantitative estimate of drug-likeness (QED) is 0.683. The fourth-order valence-electron chi connectivity index (χ4n) is 2.01.